The van der Waals surface area contributed by atoms with Gasteiger partial charge in [-0.1, -0.05) is 0 Å². The molecule has 0 aliphatic rings. The van der Waals surface area contributed by atoms with E-state index < -0.39 is 6.36 Å². The maximum Gasteiger partial charge on any atom is 0.573 e. The van der Waals surface area contributed by atoms with Crippen LogP contribution in [0.4, 0.5) is 13.2 Å². The molecule has 0 bridgehead atoms. The molecule has 0 saturated carbocycles. The molecule has 2 aromatic rings. The van der Waals surface area contributed by atoms with Gasteiger partial charge in [0.1, 0.15) is 5.75 Å². The van der Waals surface area contributed by atoms with E-state index in [0.29, 0.717) is 21.8 Å². The molecule has 7 heteroatoms. The number of aromatic amines is 1. The normalized spacial score (nSPS) is 12.3. The van der Waals surface area contributed by atoms with Crippen LogP contribution in [-0.2, 0) is 6.42 Å². The molecule has 3 nitrogen and oxygen atoms in total. The van der Waals surface area contributed by atoms with Crippen molar-refractivity contribution in [3.05, 3.63) is 28.4 Å². The van der Waals surface area contributed by atoms with Gasteiger partial charge in [-0.05, 0) is 54.1 Å². The molecule has 0 saturated heterocycles. The van der Waals surface area contributed by atoms with E-state index in [9.17, 15) is 13.2 Å². The Morgan fingerprint density at radius 3 is 2.60 bits per heavy atom. The average molecular weight is 351 g/mol. The van der Waals surface area contributed by atoms with Crippen molar-refractivity contribution < 1.29 is 17.9 Å². The number of benzene rings is 1. The predicted molar refractivity (Wildman–Crippen MR) is 74.9 cm³/mol. The first-order valence-corrected chi connectivity index (χ1v) is 6.76. The highest BCUT2D eigenvalue weighted by molar-refractivity contribution is 9.10. The highest BCUT2D eigenvalue weighted by Crippen LogP contribution is 2.36. The Balaban J connectivity index is 2.46. The molecule has 0 aliphatic carbocycles. The zero-order chi connectivity index (χ0) is 14.9. The third-order valence-electron chi connectivity index (χ3n) is 2.88. The fourth-order valence-electron chi connectivity index (χ4n) is 2.00. The molecule has 1 heterocycles. The van der Waals surface area contributed by atoms with Crippen LogP contribution < -0.4 is 4.74 Å². The quantitative estimate of drug-likeness (QED) is 0.904. The Labute approximate surface area is 122 Å². The third-order valence-corrected chi connectivity index (χ3v) is 3.54. The minimum absolute atomic E-state index is 0.175. The molecule has 1 N–H and O–H groups in total. The van der Waals surface area contributed by atoms with Crippen LogP contribution in [0.2, 0.25) is 0 Å². The monoisotopic (exact) mass is 350 g/mol. The highest BCUT2D eigenvalue weighted by Gasteiger charge is 2.32. The fraction of sp³-hybridized carbons (Fsp3) is 0.385. The lowest BCUT2D eigenvalue weighted by Gasteiger charge is -2.13. The molecule has 0 aliphatic heterocycles. The van der Waals surface area contributed by atoms with Crippen molar-refractivity contribution in [1.82, 2.24) is 9.88 Å². The number of alkyl halides is 3. The summed E-state index contributed by atoms with van der Waals surface area (Å²) in [7, 11) is 3.83. The van der Waals surface area contributed by atoms with Gasteiger partial charge in [-0.15, -0.1) is 13.2 Å². The molecule has 110 valence electrons. The molecule has 0 spiro atoms. The molecule has 0 radical (unpaired) electrons. The number of nitrogens with zero attached hydrogens (tertiary/aromatic N) is 1. The zero-order valence-corrected chi connectivity index (χ0v) is 12.6. The number of likely N-dealkylation sites (N-methyl/N-ethyl adjacent to an activating group) is 1. The Morgan fingerprint density at radius 2 is 2.00 bits per heavy atom. The summed E-state index contributed by atoms with van der Waals surface area (Å²) < 4.78 is 42.2. The van der Waals surface area contributed by atoms with Crippen molar-refractivity contribution in [2.45, 2.75) is 12.8 Å². The maximum atomic E-state index is 12.5. The van der Waals surface area contributed by atoms with Gasteiger partial charge in [0, 0.05) is 22.6 Å². The number of fused-ring (bicyclic) bond motifs is 1. The van der Waals surface area contributed by atoms with Crippen molar-refractivity contribution in [2.75, 3.05) is 20.6 Å². The van der Waals surface area contributed by atoms with E-state index in [-0.39, 0.29) is 5.75 Å². The molecule has 1 aromatic heterocycles. The zero-order valence-electron chi connectivity index (χ0n) is 11.0. The van der Waals surface area contributed by atoms with E-state index in [1.807, 2.05) is 19.0 Å². The molecule has 2 rings (SSSR count). The van der Waals surface area contributed by atoms with E-state index in [4.69, 9.17) is 0 Å². The van der Waals surface area contributed by atoms with E-state index in [2.05, 4.69) is 25.7 Å². The number of nitrogens with one attached hydrogen (secondary N) is 1. The van der Waals surface area contributed by atoms with Crippen LogP contribution in [0, 0.1) is 0 Å². The number of hydrogen-bond donors (Lipinski definition) is 1. The van der Waals surface area contributed by atoms with E-state index in [1.165, 1.54) is 12.1 Å². The van der Waals surface area contributed by atoms with Crippen LogP contribution in [0.5, 0.6) is 5.75 Å². The van der Waals surface area contributed by atoms with Crippen LogP contribution in [0.1, 0.15) is 5.56 Å². The van der Waals surface area contributed by atoms with Gasteiger partial charge < -0.3 is 14.6 Å². The molecule has 20 heavy (non-hydrogen) atoms. The van der Waals surface area contributed by atoms with Crippen molar-refractivity contribution in [2.24, 2.45) is 0 Å². The van der Waals surface area contributed by atoms with Gasteiger partial charge in [-0.3, -0.25) is 0 Å². The Kier molecular flexibility index (Phi) is 4.29. The Morgan fingerprint density at radius 1 is 1.30 bits per heavy atom. The smallest absolute Gasteiger partial charge is 0.405 e. The summed E-state index contributed by atoms with van der Waals surface area (Å²) in [5.41, 5.74) is 1.41. The number of rotatable bonds is 4. The summed E-state index contributed by atoms with van der Waals surface area (Å²) in [6.45, 7) is 0.741. The minimum Gasteiger partial charge on any atom is -0.405 e. The van der Waals surface area contributed by atoms with Gasteiger partial charge in [0.25, 0.3) is 0 Å². The van der Waals surface area contributed by atoms with E-state index in [1.54, 1.807) is 6.20 Å². The van der Waals surface area contributed by atoms with Gasteiger partial charge in [0.05, 0.1) is 5.52 Å². The summed E-state index contributed by atoms with van der Waals surface area (Å²) in [6, 6.07) is 2.86. The van der Waals surface area contributed by atoms with Crippen LogP contribution in [-0.4, -0.2) is 36.9 Å². The molecule has 0 unspecified atom stereocenters. The molecular formula is C13H14BrF3N2O. The number of ether oxygens (including phenoxy) is 1. The average Bonchev–Trinajstić information content (AvgIpc) is 2.73. The lowest BCUT2D eigenvalue weighted by molar-refractivity contribution is -0.274. The first-order chi connectivity index (χ1) is 9.28. The van der Waals surface area contributed by atoms with Gasteiger partial charge >= 0.3 is 6.36 Å². The summed E-state index contributed by atoms with van der Waals surface area (Å²) in [5.74, 6) is -0.175. The second kappa shape index (κ2) is 5.65. The standard InChI is InChI=1S/C13H14BrF3N2O/c1-19(2)6-5-8-7-18-12-9(14)3-4-10(11(8)12)20-13(15,16)17/h3-4,7,18H,5-6H2,1-2H3. The number of halogens is 4. The second-order valence-corrected chi connectivity index (χ2v) is 5.56. The SMILES string of the molecule is CN(C)CCc1c[nH]c2c(Br)ccc(OC(F)(F)F)c12. The topological polar surface area (TPSA) is 28.3 Å². The number of H-pyrrole nitrogens is 1. The molecule has 0 atom stereocenters. The fourth-order valence-corrected chi connectivity index (χ4v) is 2.45. The predicted octanol–water partition coefficient (Wildman–Crippen LogP) is 3.93. The number of aromatic nitrogens is 1. The van der Waals surface area contributed by atoms with Crippen molar-refractivity contribution in [1.29, 1.82) is 0 Å². The van der Waals surface area contributed by atoms with Gasteiger partial charge in [-0.25, -0.2) is 0 Å². The van der Waals surface area contributed by atoms with Crippen molar-refractivity contribution in [3.8, 4) is 5.75 Å². The van der Waals surface area contributed by atoms with Gasteiger partial charge in [0.2, 0.25) is 0 Å². The molecular weight excluding hydrogens is 337 g/mol. The Hall–Kier alpha value is -1.21. The van der Waals surface area contributed by atoms with Crippen LogP contribution >= 0.6 is 15.9 Å². The van der Waals surface area contributed by atoms with Gasteiger partial charge in [-0.2, -0.15) is 0 Å². The van der Waals surface area contributed by atoms with Crippen LogP contribution in [0.3, 0.4) is 0 Å². The van der Waals surface area contributed by atoms with Crippen LogP contribution in [0.15, 0.2) is 22.8 Å². The summed E-state index contributed by atoms with van der Waals surface area (Å²) in [4.78, 5) is 4.97. The second-order valence-electron chi connectivity index (χ2n) is 4.71. The summed E-state index contributed by atoms with van der Waals surface area (Å²) in [5, 5.41) is 0.471. The molecule has 0 amide bonds. The first kappa shape index (κ1) is 15.2. The lowest BCUT2D eigenvalue weighted by atomic mass is 10.1. The van der Waals surface area contributed by atoms with Gasteiger partial charge in [0.15, 0.2) is 0 Å². The highest BCUT2D eigenvalue weighted by atomic mass is 79.9. The van der Waals surface area contributed by atoms with Crippen LogP contribution in [0.25, 0.3) is 10.9 Å². The van der Waals surface area contributed by atoms with Crippen molar-refractivity contribution in [3.63, 3.8) is 0 Å². The maximum absolute atomic E-state index is 12.5. The third kappa shape index (κ3) is 3.46. The molecule has 1 aromatic carbocycles. The summed E-state index contributed by atoms with van der Waals surface area (Å²) in [6.07, 6.45) is -2.34. The largest absolute Gasteiger partial charge is 0.573 e. The molecule has 0 fully saturated rings. The van der Waals surface area contributed by atoms with E-state index >= 15 is 0 Å². The Bertz CT molecular complexity index is 607. The lowest BCUT2D eigenvalue weighted by Crippen LogP contribution is -2.18. The first-order valence-electron chi connectivity index (χ1n) is 5.97. The van der Waals surface area contributed by atoms with Crippen molar-refractivity contribution >= 4 is 26.8 Å². The summed E-state index contributed by atoms with van der Waals surface area (Å²) >= 11 is 3.33. The number of hydrogen-bond acceptors (Lipinski definition) is 2. The van der Waals surface area contributed by atoms with E-state index in [0.717, 1.165) is 12.1 Å². The minimum atomic E-state index is -4.70.